The van der Waals surface area contributed by atoms with Gasteiger partial charge in [0.05, 0.1) is 4.90 Å². The number of hydrogen-bond donors (Lipinski definition) is 0. The van der Waals surface area contributed by atoms with Crippen molar-refractivity contribution in [2.45, 2.75) is 47.3 Å². The smallest absolute Gasteiger partial charge is 0.870 e. The van der Waals surface area contributed by atoms with E-state index < -0.39 is 21.2 Å². The van der Waals surface area contributed by atoms with E-state index in [9.17, 15) is 21.7 Å². The Morgan fingerprint density at radius 3 is 1.46 bits per heavy atom. The zero-order chi connectivity index (χ0) is 18.0. The van der Waals surface area contributed by atoms with Crippen LogP contribution in [0, 0.1) is 0 Å². The molecule has 2 aromatic rings. The molecular formula is C18H19Li2O6S2-. The van der Waals surface area contributed by atoms with Crippen LogP contribution >= 0.6 is 0 Å². The van der Waals surface area contributed by atoms with Gasteiger partial charge in [-0.15, -0.1) is 0 Å². The second-order valence-corrected chi connectivity index (χ2v) is 8.70. The molecule has 0 spiro atoms. The summed E-state index contributed by atoms with van der Waals surface area (Å²) in [6.45, 7) is 0. The van der Waals surface area contributed by atoms with Crippen LogP contribution in [0.5, 0.6) is 0 Å². The summed E-state index contributed by atoms with van der Waals surface area (Å²) in [7, 11) is -4.40. The molecular weight excluding hydrogens is 390 g/mol. The molecule has 1 aliphatic rings. The van der Waals surface area contributed by atoms with E-state index >= 15 is 0 Å². The monoisotopic (exact) mass is 409 g/mol. The van der Waals surface area contributed by atoms with Gasteiger partial charge in [0, 0.05) is 4.90 Å². The molecule has 6 nitrogen and oxygen atoms in total. The Bertz CT molecular complexity index is 862. The molecule has 0 bridgehead atoms. The predicted molar refractivity (Wildman–Crippen MR) is 93.9 cm³/mol. The minimum Gasteiger partial charge on any atom is -0.870 e. The predicted octanol–water partition coefficient (Wildman–Crippen LogP) is -2.90. The van der Waals surface area contributed by atoms with Crippen molar-refractivity contribution in [3.8, 4) is 0 Å². The van der Waals surface area contributed by atoms with Crippen LogP contribution in [0.25, 0.3) is 0 Å². The molecule has 0 aliphatic heterocycles. The summed E-state index contributed by atoms with van der Waals surface area (Å²) >= 11 is -2.20. The average Bonchev–Trinajstić information content (AvgIpc) is 2.61. The maximum absolute atomic E-state index is 11.0. The molecule has 1 N–H and O–H groups in total. The van der Waals surface area contributed by atoms with E-state index in [-0.39, 0.29) is 48.1 Å². The summed E-state index contributed by atoms with van der Waals surface area (Å²) in [5, 5.41) is 0. The summed E-state index contributed by atoms with van der Waals surface area (Å²) < 4.78 is 54.8. The summed E-state index contributed by atoms with van der Waals surface area (Å²) in [6, 6.07) is 13.2. The van der Waals surface area contributed by atoms with Gasteiger partial charge in [-0.3, -0.25) is 4.21 Å². The molecule has 1 atom stereocenters. The molecule has 0 radical (unpaired) electrons. The molecule has 10 heteroatoms. The molecule has 1 fully saturated rings. The Hall–Kier alpha value is -0.385. The summed E-state index contributed by atoms with van der Waals surface area (Å²) in [5.74, 6) is 0.764. The standard InChI is InChI=1S/C18H20O5S2.2Li.H2O/c19-24(20)17-9-5-15(6-10-17)13-1-3-14(4-2-13)16-7-11-18(12-8-16)25(21,22)23;;;/h5-14H,1-4H2,(H,19,20)(H,21,22,23);;;1H2/q;2*+1;/p-3. The first-order valence-electron chi connectivity index (χ1n) is 8.09. The van der Waals surface area contributed by atoms with Gasteiger partial charge in [0.25, 0.3) is 0 Å². The Labute approximate surface area is 192 Å². The summed E-state index contributed by atoms with van der Waals surface area (Å²) in [5.41, 5.74) is 2.21. The zero-order valence-corrected chi connectivity index (χ0v) is 17.5. The molecule has 0 aromatic heterocycles. The van der Waals surface area contributed by atoms with E-state index in [0.29, 0.717) is 16.7 Å². The van der Waals surface area contributed by atoms with E-state index in [1.807, 2.05) is 12.1 Å². The Balaban J connectivity index is 0.00000243. The van der Waals surface area contributed by atoms with Crippen LogP contribution in [0.3, 0.4) is 0 Å². The van der Waals surface area contributed by atoms with Crippen LogP contribution < -0.4 is 37.7 Å². The third-order valence-corrected chi connectivity index (χ3v) is 6.42. The number of hydrogen-bond acceptors (Lipinski definition) is 6. The van der Waals surface area contributed by atoms with E-state index in [4.69, 9.17) is 0 Å². The molecule has 0 amide bonds. The maximum Gasteiger partial charge on any atom is 1.00 e. The van der Waals surface area contributed by atoms with Crippen LogP contribution in [0.4, 0.5) is 0 Å². The van der Waals surface area contributed by atoms with E-state index in [1.54, 1.807) is 24.3 Å². The first-order chi connectivity index (χ1) is 11.8. The number of rotatable bonds is 4. The van der Waals surface area contributed by atoms with Gasteiger partial charge in [-0.25, -0.2) is 8.42 Å². The van der Waals surface area contributed by atoms with Crippen LogP contribution in [0.2, 0.25) is 0 Å². The molecule has 0 saturated heterocycles. The second-order valence-electron chi connectivity index (χ2n) is 6.38. The number of benzene rings is 2. The van der Waals surface area contributed by atoms with Crippen LogP contribution in [-0.2, 0) is 21.2 Å². The van der Waals surface area contributed by atoms with Gasteiger partial charge in [0.2, 0.25) is 0 Å². The molecule has 28 heavy (non-hydrogen) atoms. The molecule has 1 saturated carbocycles. The fourth-order valence-electron chi connectivity index (χ4n) is 3.52. The third kappa shape index (κ3) is 6.85. The Morgan fingerprint density at radius 1 is 0.786 bits per heavy atom. The van der Waals surface area contributed by atoms with Crippen LogP contribution in [0.15, 0.2) is 58.3 Å². The SMILES string of the molecule is O=S([O-])c1ccc(C2CCC(c3ccc(S(=O)(=O)[O-])cc3)CC2)cc1.[Li+].[Li+].[OH-]. The summed E-state index contributed by atoms with van der Waals surface area (Å²) in [6.07, 6.45) is 3.94. The normalized spacial score (nSPS) is 20.1. The third-order valence-electron chi connectivity index (χ3n) is 4.91. The summed E-state index contributed by atoms with van der Waals surface area (Å²) in [4.78, 5) is 0.103. The molecule has 0 heterocycles. The molecule has 1 unspecified atom stereocenters. The molecule has 2 aromatic carbocycles. The van der Waals surface area contributed by atoms with Gasteiger partial charge < -0.3 is 14.6 Å². The van der Waals surface area contributed by atoms with Crippen LogP contribution in [-0.4, -0.2) is 27.2 Å². The first-order valence-corrected chi connectivity index (χ1v) is 10.6. The van der Waals surface area contributed by atoms with Crippen molar-refractivity contribution < 1.29 is 64.9 Å². The average molecular weight is 409 g/mol. The van der Waals surface area contributed by atoms with Crippen molar-refractivity contribution in [2.24, 2.45) is 0 Å². The van der Waals surface area contributed by atoms with Crippen molar-refractivity contribution in [1.82, 2.24) is 0 Å². The van der Waals surface area contributed by atoms with Crippen molar-refractivity contribution >= 4 is 21.2 Å². The minimum atomic E-state index is -4.40. The zero-order valence-electron chi connectivity index (χ0n) is 15.9. The van der Waals surface area contributed by atoms with Gasteiger partial charge >= 0.3 is 37.7 Å². The van der Waals surface area contributed by atoms with Gasteiger partial charge in [0.15, 0.2) is 0 Å². The minimum absolute atomic E-state index is 0. The fraction of sp³-hybridized carbons (Fsp3) is 0.333. The van der Waals surface area contributed by atoms with Gasteiger partial charge in [-0.05, 0) is 84.0 Å². The molecule has 3 rings (SSSR count). The van der Waals surface area contributed by atoms with Crippen molar-refractivity contribution in [2.75, 3.05) is 0 Å². The molecule has 142 valence electrons. The largest absolute Gasteiger partial charge is 1.00 e. The van der Waals surface area contributed by atoms with Gasteiger partial charge in [-0.2, -0.15) is 0 Å². The first kappa shape index (κ1) is 27.6. The quantitative estimate of drug-likeness (QED) is 0.303. The van der Waals surface area contributed by atoms with Crippen molar-refractivity contribution in [1.29, 1.82) is 0 Å². The molecule has 1 aliphatic carbocycles. The van der Waals surface area contributed by atoms with Gasteiger partial charge in [-0.1, -0.05) is 24.3 Å². The van der Waals surface area contributed by atoms with E-state index in [2.05, 4.69) is 0 Å². The van der Waals surface area contributed by atoms with Gasteiger partial charge in [0.1, 0.15) is 10.1 Å². The second kappa shape index (κ2) is 11.7. The Kier molecular flexibility index (Phi) is 11.5. The maximum atomic E-state index is 11.0. The topological polar surface area (TPSA) is 127 Å². The fourth-order valence-corrected chi connectivity index (χ4v) is 4.35. The van der Waals surface area contributed by atoms with Crippen molar-refractivity contribution in [3.63, 3.8) is 0 Å². The Morgan fingerprint density at radius 2 is 1.14 bits per heavy atom. The van der Waals surface area contributed by atoms with Crippen molar-refractivity contribution in [3.05, 3.63) is 59.7 Å². The van der Waals surface area contributed by atoms with E-state index in [0.717, 1.165) is 36.8 Å². The van der Waals surface area contributed by atoms with E-state index in [1.165, 1.54) is 12.1 Å². The van der Waals surface area contributed by atoms with Crippen LogP contribution in [0.1, 0.15) is 48.6 Å².